The molecule has 0 bridgehead atoms. The third-order valence-electron chi connectivity index (χ3n) is 5.96. The number of hydrogen-bond acceptors (Lipinski definition) is 7. The number of benzene rings is 1. The Balaban J connectivity index is 1.58. The van der Waals surface area contributed by atoms with Gasteiger partial charge in [0.1, 0.15) is 12.2 Å². The lowest BCUT2D eigenvalue weighted by molar-refractivity contribution is 0.0442. The van der Waals surface area contributed by atoms with Crippen molar-refractivity contribution >= 4 is 41.0 Å². The maximum Gasteiger partial charge on any atom is 0.410 e. The molecule has 0 saturated carbocycles. The van der Waals surface area contributed by atoms with E-state index in [4.69, 9.17) is 9.47 Å². The Morgan fingerprint density at radius 1 is 0.878 bits per heavy atom. The Hall–Kier alpha value is -3.57. The highest BCUT2D eigenvalue weighted by atomic mass is 32.1. The predicted molar refractivity (Wildman–Crippen MR) is 161 cm³/mol. The second-order valence-corrected chi connectivity index (χ2v) is 12.7. The summed E-state index contributed by atoms with van der Waals surface area (Å²) < 4.78 is 11.1. The molecule has 1 aromatic carbocycles. The Kier molecular flexibility index (Phi) is 12.5. The van der Waals surface area contributed by atoms with Crippen LogP contribution in [0.1, 0.15) is 55.4 Å². The predicted octanol–water partition coefficient (Wildman–Crippen LogP) is 7.19. The summed E-state index contributed by atoms with van der Waals surface area (Å²) in [5.74, 6) is 0. The molecule has 3 amide bonds. The molecule has 0 radical (unpaired) electrons. The molecule has 0 aliphatic carbocycles. The lowest BCUT2D eigenvalue weighted by atomic mass is 10.1. The number of ether oxygens (including phenoxy) is 2. The highest BCUT2D eigenvalue weighted by Gasteiger charge is 2.23. The third kappa shape index (κ3) is 12.2. The van der Waals surface area contributed by atoms with E-state index in [9.17, 15) is 19.5 Å². The normalized spacial score (nSPS) is 11.9. The smallest absolute Gasteiger partial charge is 0.410 e. The summed E-state index contributed by atoms with van der Waals surface area (Å²) in [6.45, 7) is 6.80. The molecule has 0 aliphatic heterocycles. The molecule has 11 heteroatoms. The van der Waals surface area contributed by atoms with E-state index in [1.54, 1.807) is 48.3 Å². The quantitative estimate of drug-likeness (QED) is 0.189. The first-order chi connectivity index (χ1) is 19.6. The standard InChI is InChI=1S/C30H39N3O6S2/c1-30(2,3)39-27(34)31-24(13-7-8-16-32(28(35)36)19-23-11-5-4-6-12-23)22-38-29(37)33(20-25-14-9-17-40-25)21-26-15-10-18-41-26/h4-6,9-12,14-15,17-18,24H,7-8,13,16,19-22H2,1-3H3,(H,31,34)(H,35,36). The van der Waals surface area contributed by atoms with Gasteiger partial charge in [0.2, 0.25) is 0 Å². The average Bonchev–Trinajstić information content (AvgIpc) is 3.62. The fourth-order valence-electron chi connectivity index (χ4n) is 4.04. The van der Waals surface area contributed by atoms with Crippen LogP contribution in [0.25, 0.3) is 0 Å². The maximum absolute atomic E-state index is 13.2. The van der Waals surface area contributed by atoms with E-state index in [2.05, 4.69) is 5.32 Å². The summed E-state index contributed by atoms with van der Waals surface area (Å²) in [7, 11) is 0. The zero-order valence-electron chi connectivity index (χ0n) is 23.8. The molecule has 9 nitrogen and oxygen atoms in total. The van der Waals surface area contributed by atoms with Crippen molar-refractivity contribution in [1.29, 1.82) is 0 Å². The lowest BCUT2D eigenvalue weighted by Crippen LogP contribution is -2.43. The maximum atomic E-state index is 13.2. The molecule has 0 fully saturated rings. The van der Waals surface area contributed by atoms with Gasteiger partial charge in [-0.1, -0.05) is 42.5 Å². The van der Waals surface area contributed by atoms with Crippen molar-refractivity contribution in [2.24, 2.45) is 0 Å². The fraction of sp³-hybridized carbons (Fsp3) is 0.433. The number of nitrogens with zero attached hydrogens (tertiary/aromatic N) is 2. The molecular formula is C30H39N3O6S2. The van der Waals surface area contributed by atoms with Gasteiger partial charge in [0.25, 0.3) is 0 Å². The number of rotatable bonds is 14. The zero-order chi connectivity index (χ0) is 29.7. The molecule has 222 valence electrons. The fourth-order valence-corrected chi connectivity index (χ4v) is 5.48. The van der Waals surface area contributed by atoms with Gasteiger partial charge in [0, 0.05) is 22.8 Å². The Morgan fingerprint density at radius 2 is 1.51 bits per heavy atom. The van der Waals surface area contributed by atoms with Gasteiger partial charge in [-0.15, -0.1) is 22.7 Å². The van der Waals surface area contributed by atoms with Crippen LogP contribution in [0.15, 0.2) is 65.4 Å². The van der Waals surface area contributed by atoms with E-state index in [1.807, 2.05) is 65.4 Å². The highest BCUT2D eigenvalue weighted by molar-refractivity contribution is 7.10. The van der Waals surface area contributed by atoms with Gasteiger partial charge in [-0.3, -0.25) is 4.90 Å². The van der Waals surface area contributed by atoms with E-state index in [0.717, 1.165) is 15.3 Å². The average molecular weight is 602 g/mol. The number of unbranched alkanes of at least 4 members (excludes halogenated alkanes) is 1. The van der Waals surface area contributed by atoms with Gasteiger partial charge in [-0.05, 0) is 68.5 Å². The van der Waals surface area contributed by atoms with Crippen LogP contribution >= 0.6 is 22.7 Å². The summed E-state index contributed by atoms with van der Waals surface area (Å²) in [4.78, 5) is 42.6. The van der Waals surface area contributed by atoms with Crippen LogP contribution in [0.5, 0.6) is 0 Å². The second-order valence-electron chi connectivity index (χ2n) is 10.6. The second kappa shape index (κ2) is 16.0. The molecule has 1 unspecified atom stereocenters. The van der Waals surface area contributed by atoms with Gasteiger partial charge in [0.15, 0.2) is 0 Å². The Labute approximate surface area is 249 Å². The van der Waals surface area contributed by atoms with Gasteiger partial charge in [-0.25, -0.2) is 14.4 Å². The van der Waals surface area contributed by atoms with Crippen LogP contribution in [0, 0.1) is 0 Å². The van der Waals surface area contributed by atoms with Gasteiger partial charge in [-0.2, -0.15) is 0 Å². The number of hydrogen-bond donors (Lipinski definition) is 2. The van der Waals surface area contributed by atoms with Crippen molar-refractivity contribution in [3.05, 3.63) is 80.7 Å². The first-order valence-corrected chi connectivity index (χ1v) is 15.3. The van der Waals surface area contributed by atoms with Crippen LogP contribution in [-0.4, -0.2) is 58.0 Å². The van der Waals surface area contributed by atoms with Crippen molar-refractivity contribution in [2.45, 2.75) is 71.3 Å². The van der Waals surface area contributed by atoms with Crippen LogP contribution in [0.3, 0.4) is 0 Å². The summed E-state index contributed by atoms with van der Waals surface area (Å²) in [6.07, 6.45) is -0.358. The summed E-state index contributed by atoms with van der Waals surface area (Å²) in [6, 6.07) is 16.8. The van der Waals surface area contributed by atoms with Crippen molar-refractivity contribution in [2.75, 3.05) is 13.2 Å². The molecule has 0 spiro atoms. The highest BCUT2D eigenvalue weighted by Crippen LogP contribution is 2.18. The molecule has 3 rings (SSSR count). The van der Waals surface area contributed by atoms with Crippen molar-refractivity contribution in [3.63, 3.8) is 0 Å². The minimum Gasteiger partial charge on any atom is -0.465 e. The third-order valence-corrected chi connectivity index (χ3v) is 7.68. The Morgan fingerprint density at radius 3 is 2.05 bits per heavy atom. The molecule has 0 saturated heterocycles. The Bertz CT molecular complexity index is 1160. The van der Waals surface area contributed by atoms with E-state index in [1.165, 1.54) is 4.90 Å². The largest absolute Gasteiger partial charge is 0.465 e. The van der Waals surface area contributed by atoms with E-state index >= 15 is 0 Å². The summed E-state index contributed by atoms with van der Waals surface area (Å²) >= 11 is 3.14. The number of amides is 3. The topological polar surface area (TPSA) is 108 Å². The molecule has 1 atom stereocenters. The molecule has 2 N–H and O–H groups in total. The molecule has 0 aliphatic rings. The molecular weight excluding hydrogens is 562 g/mol. The van der Waals surface area contributed by atoms with Crippen LogP contribution in [0.4, 0.5) is 14.4 Å². The number of thiophene rings is 2. The summed E-state index contributed by atoms with van der Waals surface area (Å²) in [5.41, 5.74) is 0.240. The van der Waals surface area contributed by atoms with E-state index in [-0.39, 0.29) is 6.61 Å². The number of carboxylic acid groups (broad SMARTS) is 1. The number of carbonyl (C=O) groups is 3. The van der Waals surface area contributed by atoms with Crippen molar-refractivity contribution in [1.82, 2.24) is 15.1 Å². The molecule has 2 heterocycles. The monoisotopic (exact) mass is 601 g/mol. The minimum absolute atomic E-state index is 0.0316. The van der Waals surface area contributed by atoms with Gasteiger partial charge in [0.05, 0.1) is 19.1 Å². The minimum atomic E-state index is -0.984. The SMILES string of the molecule is CC(C)(C)OC(=O)NC(CCCCN(Cc1ccccc1)C(=O)O)COC(=O)N(Cc1cccs1)Cc1cccs1. The first kappa shape index (κ1) is 32.0. The van der Waals surface area contributed by atoms with Crippen LogP contribution in [0.2, 0.25) is 0 Å². The van der Waals surface area contributed by atoms with Gasteiger partial charge < -0.3 is 24.8 Å². The molecule has 3 aromatic rings. The van der Waals surface area contributed by atoms with Crippen molar-refractivity contribution < 1.29 is 29.0 Å². The summed E-state index contributed by atoms with van der Waals surface area (Å²) in [5, 5.41) is 16.4. The lowest BCUT2D eigenvalue weighted by Gasteiger charge is -2.26. The van der Waals surface area contributed by atoms with E-state index < -0.39 is 29.9 Å². The van der Waals surface area contributed by atoms with Crippen LogP contribution < -0.4 is 5.32 Å². The molecule has 41 heavy (non-hydrogen) atoms. The van der Waals surface area contributed by atoms with Crippen LogP contribution in [-0.2, 0) is 29.1 Å². The molecule has 2 aromatic heterocycles. The van der Waals surface area contributed by atoms with E-state index in [0.29, 0.717) is 45.4 Å². The number of nitrogens with one attached hydrogen (secondary N) is 1. The zero-order valence-corrected chi connectivity index (χ0v) is 25.4. The first-order valence-electron chi connectivity index (χ1n) is 13.6. The number of carbonyl (C=O) groups excluding carboxylic acids is 2. The number of alkyl carbamates (subject to hydrolysis) is 1. The van der Waals surface area contributed by atoms with Gasteiger partial charge >= 0.3 is 18.3 Å². The van der Waals surface area contributed by atoms with Crippen molar-refractivity contribution in [3.8, 4) is 0 Å².